The van der Waals surface area contributed by atoms with Gasteiger partial charge in [0.1, 0.15) is 5.15 Å². The summed E-state index contributed by atoms with van der Waals surface area (Å²) < 4.78 is 6.78. The maximum absolute atomic E-state index is 11.7. The van der Waals surface area contributed by atoms with Crippen LogP contribution in [-0.4, -0.2) is 22.8 Å². The molecule has 0 bridgehead atoms. The van der Waals surface area contributed by atoms with Gasteiger partial charge in [-0.25, -0.2) is 4.98 Å². The molecule has 0 amide bonds. The smallest absolute Gasteiger partial charge is 0.288 e. The summed E-state index contributed by atoms with van der Waals surface area (Å²) in [4.78, 5) is 15.4. The number of nitrogens with zero attached hydrogens (tertiary/aromatic N) is 2. The predicted octanol–water partition coefficient (Wildman–Crippen LogP) is 1.90. The van der Waals surface area contributed by atoms with Crippen molar-refractivity contribution in [2.75, 3.05) is 13.2 Å². The first-order chi connectivity index (χ1) is 7.18. The van der Waals surface area contributed by atoms with Crippen LogP contribution in [0.5, 0.6) is 0 Å². The molecule has 2 heterocycles. The standard InChI is InChI=1S/C9H10Cl2N2O2/c10-7-5-13(9(14)8(11)12-7)6-1-3-15-4-2-6/h5-6H,1-4H2. The summed E-state index contributed by atoms with van der Waals surface area (Å²) in [5.41, 5.74) is -0.284. The summed E-state index contributed by atoms with van der Waals surface area (Å²) >= 11 is 11.4. The molecule has 15 heavy (non-hydrogen) atoms. The Balaban J connectivity index is 2.38. The molecule has 0 atom stereocenters. The molecule has 0 aliphatic carbocycles. The van der Waals surface area contributed by atoms with Gasteiger partial charge in [0.2, 0.25) is 0 Å². The maximum Gasteiger partial charge on any atom is 0.288 e. The third-order valence-corrected chi connectivity index (χ3v) is 2.87. The van der Waals surface area contributed by atoms with Gasteiger partial charge < -0.3 is 9.30 Å². The zero-order valence-corrected chi connectivity index (χ0v) is 9.46. The molecule has 1 aromatic heterocycles. The highest BCUT2D eigenvalue weighted by molar-refractivity contribution is 6.32. The molecule has 1 aliphatic rings. The Morgan fingerprint density at radius 2 is 2.07 bits per heavy atom. The molecule has 0 unspecified atom stereocenters. The predicted molar refractivity (Wildman–Crippen MR) is 57.6 cm³/mol. The summed E-state index contributed by atoms with van der Waals surface area (Å²) in [7, 11) is 0. The highest BCUT2D eigenvalue weighted by Crippen LogP contribution is 2.20. The highest BCUT2D eigenvalue weighted by Gasteiger charge is 2.18. The Bertz CT molecular complexity index is 413. The van der Waals surface area contributed by atoms with Gasteiger partial charge in [-0.2, -0.15) is 0 Å². The van der Waals surface area contributed by atoms with E-state index in [0.29, 0.717) is 13.2 Å². The van der Waals surface area contributed by atoms with Crippen molar-refractivity contribution in [3.8, 4) is 0 Å². The van der Waals surface area contributed by atoms with Crippen molar-refractivity contribution in [2.24, 2.45) is 0 Å². The first-order valence-electron chi connectivity index (χ1n) is 4.70. The molecule has 6 heteroatoms. The van der Waals surface area contributed by atoms with Crippen molar-refractivity contribution in [3.05, 3.63) is 26.9 Å². The minimum atomic E-state index is -0.284. The summed E-state index contributed by atoms with van der Waals surface area (Å²) in [5, 5.41) is 0.167. The van der Waals surface area contributed by atoms with Crippen LogP contribution in [0.4, 0.5) is 0 Å². The van der Waals surface area contributed by atoms with E-state index in [9.17, 15) is 4.79 Å². The lowest BCUT2D eigenvalue weighted by molar-refractivity contribution is 0.0686. The molecule has 1 fully saturated rings. The van der Waals surface area contributed by atoms with Crippen molar-refractivity contribution in [3.63, 3.8) is 0 Å². The molecule has 2 rings (SSSR count). The highest BCUT2D eigenvalue weighted by atomic mass is 35.5. The van der Waals surface area contributed by atoms with Crippen LogP contribution in [0.3, 0.4) is 0 Å². The second kappa shape index (κ2) is 4.51. The molecule has 0 spiro atoms. The van der Waals surface area contributed by atoms with Gasteiger partial charge in [0.25, 0.3) is 5.56 Å². The number of hydrogen-bond acceptors (Lipinski definition) is 3. The molecular weight excluding hydrogens is 239 g/mol. The van der Waals surface area contributed by atoms with E-state index in [0.717, 1.165) is 12.8 Å². The average molecular weight is 249 g/mol. The van der Waals surface area contributed by atoms with Gasteiger partial charge in [0, 0.05) is 25.5 Å². The van der Waals surface area contributed by atoms with E-state index in [-0.39, 0.29) is 21.9 Å². The summed E-state index contributed by atoms with van der Waals surface area (Å²) in [6.07, 6.45) is 3.14. The monoisotopic (exact) mass is 248 g/mol. The zero-order chi connectivity index (χ0) is 10.8. The van der Waals surface area contributed by atoms with E-state index in [4.69, 9.17) is 27.9 Å². The minimum Gasteiger partial charge on any atom is -0.381 e. The van der Waals surface area contributed by atoms with Crippen LogP contribution in [0.2, 0.25) is 10.3 Å². The quantitative estimate of drug-likeness (QED) is 0.763. The van der Waals surface area contributed by atoms with Crippen LogP contribution < -0.4 is 5.56 Å². The van der Waals surface area contributed by atoms with Crippen molar-refractivity contribution in [2.45, 2.75) is 18.9 Å². The minimum absolute atomic E-state index is 0.0750. The summed E-state index contributed by atoms with van der Waals surface area (Å²) in [5.74, 6) is 0. The van der Waals surface area contributed by atoms with Crippen LogP contribution in [0.25, 0.3) is 0 Å². The molecular formula is C9H10Cl2N2O2. The van der Waals surface area contributed by atoms with Gasteiger partial charge in [-0.3, -0.25) is 4.79 Å². The van der Waals surface area contributed by atoms with Crippen molar-refractivity contribution < 1.29 is 4.74 Å². The number of ether oxygens (including phenoxy) is 1. The molecule has 1 aliphatic heterocycles. The molecule has 82 valence electrons. The first-order valence-corrected chi connectivity index (χ1v) is 5.46. The fourth-order valence-electron chi connectivity index (χ4n) is 1.68. The maximum atomic E-state index is 11.7. The van der Waals surface area contributed by atoms with Crippen LogP contribution in [0, 0.1) is 0 Å². The fourth-order valence-corrected chi connectivity index (χ4v) is 2.11. The van der Waals surface area contributed by atoms with Gasteiger partial charge in [-0.1, -0.05) is 23.2 Å². The van der Waals surface area contributed by atoms with Gasteiger partial charge >= 0.3 is 0 Å². The van der Waals surface area contributed by atoms with Crippen molar-refractivity contribution >= 4 is 23.2 Å². The number of hydrogen-bond donors (Lipinski definition) is 0. The second-order valence-corrected chi connectivity index (χ2v) is 4.16. The Morgan fingerprint density at radius 3 is 2.73 bits per heavy atom. The van der Waals surface area contributed by atoms with Gasteiger partial charge in [-0.05, 0) is 12.8 Å². The average Bonchev–Trinajstić information content (AvgIpc) is 2.24. The molecule has 1 aromatic rings. The van der Waals surface area contributed by atoms with Crippen LogP contribution >= 0.6 is 23.2 Å². The Labute approximate surface area is 96.8 Å². The van der Waals surface area contributed by atoms with Crippen molar-refractivity contribution in [1.29, 1.82) is 0 Å². The Hall–Kier alpha value is -0.580. The second-order valence-electron chi connectivity index (χ2n) is 3.41. The molecule has 0 radical (unpaired) electrons. The van der Waals surface area contributed by atoms with Crippen LogP contribution in [0.15, 0.2) is 11.0 Å². The largest absolute Gasteiger partial charge is 0.381 e. The lowest BCUT2D eigenvalue weighted by atomic mass is 10.1. The topological polar surface area (TPSA) is 44.1 Å². The number of rotatable bonds is 1. The van der Waals surface area contributed by atoms with E-state index in [1.807, 2.05) is 0 Å². The van der Waals surface area contributed by atoms with Crippen LogP contribution in [-0.2, 0) is 4.74 Å². The molecule has 0 aromatic carbocycles. The first kappa shape index (κ1) is 10.9. The lowest BCUT2D eigenvalue weighted by Crippen LogP contribution is -2.29. The van der Waals surface area contributed by atoms with Gasteiger partial charge in [0.15, 0.2) is 5.15 Å². The van der Waals surface area contributed by atoms with E-state index in [2.05, 4.69) is 4.98 Å². The van der Waals surface area contributed by atoms with E-state index < -0.39 is 0 Å². The van der Waals surface area contributed by atoms with E-state index >= 15 is 0 Å². The number of aromatic nitrogens is 2. The normalized spacial score (nSPS) is 18.0. The molecule has 1 saturated heterocycles. The number of halogens is 2. The molecule has 0 N–H and O–H groups in total. The molecule has 0 saturated carbocycles. The van der Waals surface area contributed by atoms with Gasteiger partial charge in [0.05, 0.1) is 0 Å². The van der Waals surface area contributed by atoms with E-state index in [1.165, 1.54) is 6.20 Å². The van der Waals surface area contributed by atoms with Crippen LogP contribution in [0.1, 0.15) is 18.9 Å². The van der Waals surface area contributed by atoms with Crippen molar-refractivity contribution in [1.82, 2.24) is 9.55 Å². The van der Waals surface area contributed by atoms with E-state index in [1.54, 1.807) is 4.57 Å². The summed E-state index contributed by atoms with van der Waals surface area (Å²) in [6.45, 7) is 1.32. The van der Waals surface area contributed by atoms with Gasteiger partial charge in [-0.15, -0.1) is 0 Å². The third kappa shape index (κ3) is 2.33. The Morgan fingerprint density at radius 1 is 1.40 bits per heavy atom. The Kier molecular flexibility index (Phi) is 3.29. The third-order valence-electron chi connectivity index (χ3n) is 2.45. The lowest BCUT2D eigenvalue weighted by Gasteiger charge is -2.24. The summed E-state index contributed by atoms with van der Waals surface area (Å²) in [6, 6.07) is 0.115. The SMILES string of the molecule is O=c1c(Cl)nc(Cl)cn1C1CCOCC1. The molecule has 4 nitrogen and oxygen atoms in total. The fraction of sp³-hybridized carbons (Fsp3) is 0.556. The zero-order valence-electron chi connectivity index (χ0n) is 7.95.